The van der Waals surface area contributed by atoms with Crippen LogP contribution in [0.4, 0.5) is 0 Å². The molecule has 2 nitrogen and oxygen atoms in total. The van der Waals surface area contributed by atoms with Gasteiger partial charge in [0.25, 0.3) is 0 Å². The normalized spacial score (nSPS) is 29.1. The van der Waals surface area contributed by atoms with Gasteiger partial charge in [-0.05, 0) is 37.9 Å². The number of aliphatic hydroxyl groups is 1. The summed E-state index contributed by atoms with van der Waals surface area (Å²) in [5.74, 6) is 1.09. The first kappa shape index (κ1) is 11.3. The molecule has 1 rings (SSSR count). The number of hydrogen-bond acceptors (Lipinski definition) is 3. The van der Waals surface area contributed by atoms with Gasteiger partial charge in [-0.3, -0.25) is 0 Å². The molecule has 0 amide bonds. The molecule has 0 heterocycles. The molecule has 0 bridgehead atoms. The Labute approximate surface area is 85.0 Å². The minimum absolute atomic E-state index is 0.327. The highest BCUT2D eigenvalue weighted by molar-refractivity contribution is 7.99. The van der Waals surface area contributed by atoms with Crippen molar-refractivity contribution in [1.29, 1.82) is 0 Å². The Bertz CT molecular complexity index is 130. The molecular formula is C10H20O2S. The molecule has 0 radical (unpaired) electrons. The second-order valence-corrected chi connectivity index (χ2v) is 5.00. The quantitative estimate of drug-likeness (QED) is 0.695. The van der Waals surface area contributed by atoms with Gasteiger partial charge in [0, 0.05) is 19.0 Å². The predicted octanol–water partition coefficient (Wildman–Crippen LogP) is 2.06. The number of thioether (sulfide) groups is 1. The monoisotopic (exact) mass is 204 g/mol. The van der Waals surface area contributed by atoms with Crippen LogP contribution >= 0.6 is 11.8 Å². The van der Waals surface area contributed by atoms with Gasteiger partial charge in [-0.25, -0.2) is 0 Å². The van der Waals surface area contributed by atoms with Gasteiger partial charge in [-0.1, -0.05) is 0 Å². The van der Waals surface area contributed by atoms with Crippen molar-refractivity contribution in [2.45, 2.75) is 43.5 Å². The van der Waals surface area contributed by atoms with Crippen molar-refractivity contribution in [3.63, 3.8) is 0 Å². The molecule has 13 heavy (non-hydrogen) atoms. The van der Waals surface area contributed by atoms with Crippen molar-refractivity contribution >= 4 is 11.8 Å². The first-order valence-electron chi connectivity index (χ1n) is 5.12. The molecule has 0 aromatic carbocycles. The minimum Gasteiger partial charge on any atom is -0.396 e. The Balaban J connectivity index is 2.11. The van der Waals surface area contributed by atoms with E-state index in [1.807, 2.05) is 18.9 Å². The topological polar surface area (TPSA) is 29.5 Å². The van der Waals surface area contributed by atoms with Gasteiger partial charge in [-0.15, -0.1) is 0 Å². The molecule has 1 aliphatic carbocycles. The summed E-state index contributed by atoms with van der Waals surface area (Å²) in [5.41, 5.74) is 0. The van der Waals surface area contributed by atoms with Crippen LogP contribution in [0.3, 0.4) is 0 Å². The summed E-state index contributed by atoms with van der Waals surface area (Å²) in [5, 5.41) is 9.42. The van der Waals surface area contributed by atoms with Crippen LogP contribution in [0.2, 0.25) is 0 Å². The number of methoxy groups -OCH3 is 1. The molecule has 0 saturated heterocycles. The molecule has 2 atom stereocenters. The summed E-state index contributed by atoms with van der Waals surface area (Å²) in [7, 11) is 1.81. The zero-order valence-electron chi connectivity index (χ0n) is 8.37. The van der Waals surface area contributed by atoms with E-state index in [4.69, 9.17) is 9.84 Å². The maximum absolute atomic E-state index is 8.66. The van der Waals surface area contributed by atoms with E-state index in [9.17, 15) is 0 Å². The maximum Gasteiger partial charge on any atom is 0.0581 e. The van der Waals surface area contributed by atoms with Crippen LogP contribution in [0.15, 0.2) is 0 Å². The van der Waals surface area contributed by atoms with Crippen LogP contribution in [0.25, 0.3) is 0 Å². The van der Waals surface area contributed by atoms with E-state index >= 15 is 0 Å². The minimum atomic E-state index is 0.327. The van der Waals surface area contributed by atoms with E-state index in [2.05, 4.69) is 0 Å². The lowest BCUT2D eigenvalue weighted by Crippen LogP contribution is -2.23. The summed E-state index contributed by atoms with van der Waals surface area (Å²) >= 11 is 2.00. The highest BCUT2D eigenvalue weighted by atomic mass is 32.2. The fourth-order valence-electron chi connectivity index (χ4n) is 1.78. The zero-order chi connectivity index (χ0) is 9.52. The first-order chi connectivity index (χ1) is 6.36. The molecule has 1 aliphatic rings. The van der Waals surface area contributed by atoms with E-state index < -0.39 is 0 Å². The van der Waals surface area contributed by atoms with Gasteiger partial charge in [0.2, 0.25) is 0 Å². The largest absolute Gasteiger partial charge is 0.396 e. The van der Waals surface area contributed by atoms with Crippen LogP contribution < -0.4 is 0 Å². The number of aliphatic hydroxyl groups excluding tert-OH is 1. The second kappa shape index (κ2) is 6.68. The molecule has 1 N–H and O–H groups in total. The molecule has 78 valence electrons. The first-order valence-corrected chi connectivity index (χ1v) is 6.17. The third kappa shape index (κ3) is 4.34. The summed E-state index contributed by atoms with van der Waals surface area (Å²) in [6.45, 7) is 0.327. The number of rotatable bonds is 5. The van der Waals surface area contributed by atoms with Crippen molar-refractivity contribution in [1.82, 2.24) is 0 Å². The third-order valence-corrected chi connectivity index (χ3v) is 3.99. The molecule has 0 spiro atoms. The fraction of sp³-hybridized carbons (Fsp3) is 1.00. The second-order valence-electron chi connectivity index (χ2n) is 3.59. The van der Waals surface area contributed by atoms with Crippen molar-refractivity contribution in [3.8, 4) is 0 Å². The van der Waals surface area contributed by atoms with Gasteiger partial charge in [0.1, 0.15) is 0 Å². The Hall–Kier alpha value is 0.270. The van der Waals surface area contributed by atoms with Gasteiger partial charge in [0.15, 0.2) is 0 Å². The molecular weight excluding hydrogens is 184 g/mol. The lowest BCUT2D eigenvalue weighted by atomic mass is 9.97. The Morgan fingerprint density at radius 1 is 1.46 bits per heavy atom. The molecule has 1 saturated carbocycles. The molecule has 0 aromatic heterocycles. The van der Waals surface area contributed by atoms with Crippen LogP contribution in [0.1, 0.15) is 32.1 Å². The Kier molecular flexibility index (Phi) is 5.83. The van der Waals surface area contributed by atoms with Crippen LogP contribution in [0, 0.1) is 0 Å². The lowest BCUT2D eigenvalue weighted by molar-refractivity contribution is 0.0730. The molecule has 0 aromatic rings. The SMILES string of the molecule is COC1CCCC(SCCCO)C1. The summed E-state index contributed by atoms with van der Waals surface area (Å²) in [4.78, 5) is 0. The average molecular weight is 204 g/mol. The van der Waals surface area contributed by atoms with E-state index in [0.29, 0.717) is 12.7 Å². The predicted molar refractivity (Wildman–Crippen MR) is 57.2 cm³/mol. The average Bonchev–Trinajstić information content (AvgIpc) is 2.19. The highest BCUT2D eigenvalue weighted by Gasteiger charge is 2.21. The van der Waals surface area contributed by atoms with Gasteiger partial charge >= 0.3 is 0 Å². The molecule has 0 aliphatic heterocycles. The molecule has 3 heteroatoms. The maximum atomic E-state index is 8.66. The van der Waals surface area contributed by atoms with Gasteiger partial charge < -0.3 is 9.84 Å². The van der Waals surface area contributed by atoms with Crippen molar-refractivity contribution < 1.29 is 9.84 Å². The van der Waals surface area contributed by atoms with E-state index in [1.54, 1.807) is 0 Å². The van der Waals surface area contributed by atoms with Crippen LogP contribution in [0.5, 0.6) is 0 Å². The van der Waals surface area contributed by atoms with Crippen molar-refractivity contribution in [3.05, 3.63) is 0 Å². The molecule has 2 unspecified atom stereocenters. The summed E-state index contributed by atoms with van der Waals surface area (Å²) in [6, 6.07) is 0. The van der Waals surface area contributed by atoms with Gasteiger partial charge in [0.05, 0.1) is 6.10 Å². The van der Waals surface area contributed by atoms with Crippen LogP contribution in [-0.2, 0) is 4.74 Å². The van der Waals surface area contributed by atoms with E-state index in [0.717, 1.165) is 17.4 Å². The smallest absolute Gasteiger partial charge is 0.0581 e. The van der Waals surface area contributed by atoms with E-state index in [1.165, 1.54) is 25.7 Å². The van der Waals surface area contributed by atoms with Gasteiger partial charge in [-0.2, -0.15) is 11.8 Å². The van der Waals surface area contributed by atoms with Crippen molar-refractivity contribution in [2.24, 2.45) is 0 Å². The highest BCUT2D eigenvalue weighted by Crippen LogP contribution is 2.29. The van der Waals surface area contributed by atoms with E-state index in [-0.39, 0.29) is 0 Å². The third-order valence-electron chi connectivity index (χ3n) is 2.57. The van der Waals surface area contributed by atoms with Crippen LogP contribution in [-0.4, -0.2) is 35.9 Å². The Morgan fingerprint density at radius 3 is 3.00 bits per heavy atom. The fourth-order valence-corrected chi connectivity index (χ4v) is 3.10. The summed E-state index contributed by atoms with van der Waals surface area (Å²) in [6.07, 6.45) is 6.48. The lowest BCUT2D eigenvalue weighted by Gasteiger charge is -2.27. The zero-order valence-corrected chi connectivity index (χ0v) is 9.18. The standard InChI is InChI=1S/C10H20O2S/c1-12-9-4-2-5-10(8-9)13-7-3-6-11/h9-11H,2-8H2,1H3. The molecule has 1 fully saturated rings. The summed E-state index contributed by atoms with van der Waals surface area (Å²) < 4.78 is 5.36. The number of hydrogen-bond donors (Lipinski definition) is 1. The van der Waals surface area contributed by atoms with Crippen molar-refractivity contribution in [2.75, 3.05) is 19.5 Å². The number of ether oxygens (including phenoxy) is 1. The Morgan fingerprint density at radius 2 is 2.31 bits per heavy atom.